The predicted octanol–water partition coefficient (Wildman–Crippen LogP) is 1.14. The first-order chi connectivity index (χ1) is 17.3. The molecular weight excluding hydrogens is 484 g/mol. The largest absolute Gasteiger partial charge is 0.493 e. The molecule has 3 aromatic heterocycles. The number of imidazole rings is 1. The summed E-state index contributed by atoms with van der Waals surface area (Å²) in [5.74, 6) is 0.290. The Morgan fingerprint density at radius 2 is 2.11 bits per heavy atom. The van der Waals surface area contributed by atoms with Crippen LogP contribution in [0.15, 0.2) is 46.3 Å². The van der Waals surface area contributed by atoms with Crippen LogP contribution in [0.5, 0.6) is 5.88 Å². The number of fused-ring (bicyclic) bond motifs is 1. The quantitative estimate of drug-likeness (QED) is 0.261. The van der Waals surface area contributed by atoms with E-state index in [9.17, 15) is 15.0 Å². The second-order valence-corrected chi connectivity index (χ2v) is 9.40. The Morgan fingerprint density at radius 3 is 2.81 bits per heavy atom. The van der Waals surface area contributed by atoms with Crippen molar-refractivity contribution in [3.8, 4) is 5.88 Å². The molecule has 0 aliphatic carbocycles. The van der Waals surface area contributed by atoms with Crippen molar-refractivity contribution in [2.24, 2.45) is 4.99 Å². The molecule has 1 aliphatic heterocycles. The Balaban J connectivity index is 1.56. The van der Waals surface area contributed by atoms with Gasteiger partial charge in [-0.25, -0.2) is 9.78 Å². The Labute approximate surface area is 210 Å². The fourth-order valence-electron chi connectivity index (χ4n) is 4.38. The molecule has 1 atom stereocenters. The highest BCUT2D eigenvalue weighted by atomic mass is 35.5. The summed E-state index contributed by atoms with van der Waals surface area (Å²) in [7, 11) is 0. The van der Waals surface area contributed by atoms with Crippen LogP contribution in [0.25, 0.3) is 11.7 Å². The fraction of sp³-hybridized carbons (Fsp3) is 0.333. The number of β-amino-alcohol motifs (C(OH)–C–C–N with tert-alkyl or cyclic N) is 1. The zero-order valence-electron chi connectivity index (χ0n) is 19.6. The number of aliphatic hydroxyl groups excluding tert-OH is 1. The maximum Gasteiger partial charge on any atom is 0.326 e. The van der Waals surface area contributed by atoms with Gasteiger partial charge in [-0.15, -0.1) is 0 Å². The maximum absolute atomic E-state index is 11.6. The molecule has 0 spiro atoms. The molecule has 1 fully saturated rings. The second-order valence-electron chi connectivity index (χ2n) is 8.97. The van der Waals surface area contributed by atoms with Crippen LogP contribution < -0.4 is 21.7 Å². The minimum Gasteiger partial charge on any atom is -0.493 e. The molecule has 1 saturated heterocycles. The highest BCUT2D eigenvalue weighted by molar-refractivity contribution is 6.30. The van der Waals surface area contributed by atoms with E-state index in [-0.39, 0.29) is 23.7 Å². The van der Waals surface area contributed by atoms with Gasteiger partial charge in [0.25, 0.3) is 0 Å². The van der Waals surface area contributed by atoms with Crippen LogP contribution in [0.2, 0.25) is 5.02 Å². The number of H-pyrrole nitrogens is 2. The van der Waals surface area contributed by atoms with E-state index in [1.165, 1.54) is 0 Å². The first-order valence-corrected chi connectivity index (χ1v) is 12.1. The number of rotatable bonds is 6. The van der Waals surface area contributed by atoms with Crippen molar-refractivity contribution in [2.75, 3.05) is 25.0 Å². The number of piperidine rings is 1. The summed E-state index contributed by atoms with van der Waals surface area (Å²) in [6.45, 7) is 4.18. The van der Waals surface area contributed by atoms with Gasteiger partial charge in [0.2, 0.25) is 5.88 Å². The zero-order chi connectivity index (χ0) is 25.2. The number of nitrogens with one attached hydrogen (secondary N) is 3. The van der Waals surface area contributed by atoms with Crippen LogP contribution in [-0.2, 0) is 0 Å². The Kier molecular flexibility index (Phi) is 6.77. The molecule has 1 aliphatic rings. The Hall–Kier alpha value is -3.67. The van der Waals surface area contributed by atoms with Crippen molar-refractivity contribution < 1.29 is 10.2 Å². The van der Waals surface area contributed by atoms with Crippen molar-refractivity contribution >= 4 is 34.8 Å². The summed E-state index contributed by atoms with van der Waals surface area (Å²) in [4.78, 5) is 28.4. The van der Waals surface area contributed by atoms with Gasteiger partial charge in [-0.05, 0) is 44.0 Å². The summed E-state index contributed by atoms with van der Waals surface area (Å²) in [5, 5.41) is 28.6. The normalized spacial score (nSPS) is 17.2. The van der Waals surface area contributed by atoms with Crippen molar-refractivity contribution in [1.82, 2.24) is 29.5 Å². The molecule has 188 valence electrons. The first-order valence-electron chi connectivity index (χ1n) is 11.7. The molecule has 0 bridgehead atoms. The predicted molar refractivity (Wildman–Crippen MR) is 136 cm³/mol. The van der Waals surface area contributed by atoms with Gasteiger partial charge >= 0.3 is 5.69 Å². The first kappa shape index (κ1) is 24.0. The van der Waals surface area contributed by atoms with E-state index in [4.69, 9.17) is 21.6 Å². The van der Waals surface area contributed by atoms with Crippen LogP contribution in [-0.4, -0.2) is 71.5 Å². The van der Waals surface area contributed by atoms with Crippen LogP contribution in [0.3, 0.4) is 0 Å². The van der Waals surface area contributed by atoms with Gasteiger partial charge in [-0.2, -0.15) is 9.61 Å². The van der Waals surface area contributed by atoms with E-state index in [1.54, 1.807) is 35.8 Å². The van der Waals surface area contributed by atoms with Gasteiger partial charge in [0, 0.05) is 41.6 Å². The molecule has 5 N–H and O–H groups in total. The lowest BCUT2D eigenvalue weighted by Gasteiger charge is -2.30. The Morgan fingerprint density at radius 1 is 1.31 bits per heavy atom. The van der Waals surface area contributed by atoms with Crippen LogP contribution in [0.1, 0.15) is 25.5 Å². The van der Waals surface area contributed by atoms with Gasteiger partial charge in [0.15, 0.2) is 11.1 Å². The number of aromatic amines is 2. The Bertz CT molecular complexity index is 1550. The third-order valence-electron chi connectivity index (χ3n) is 6.01. The second kappa shape index (κ2) is 10.1. The zero-order valence-corrected chi connectivity index (χ0v) is 20.4. The molecule has 11 nitrogen and oxygen atoms in total. The van der Waals surface area contributed by atoms with Crippen molar-refractivity contribution in [3.05, 3.63) is 68.4 Å². The summed E-state index contributed by atoms with van der Waals surface area (Å²) < 4.78 is 1.65. The number of aromatic hydroxyl groups is 1. The van der Waals surface area contributed by atoms with E-state index in [0.29, 0.717) is 33.7 Å². The number of hydrogen-bond donors (Lipinski definition) is 5. The minimum absolute atomic E-state index is 0.0987. The van der Waals surface area contributed by atoms with Gasteiger partial charge in [-0.3, -0.25) is 9.98 Å². The van der Waals surface area contributed by atoms with E-state index in [2.05, 4.69) is 25.3 Å². The molecule has 1 aromatic carbocycles. The summed E-state index contributed by atoms with van der Waals surface area (Å²) >= 11 is 6.15. The lowest BCUT2D eigenvalue weighted by atomic mass is 10.1. The van der Waals surface area contributed by atoms with Crippen LogP contribution in [0, 0.1) is 0 Å². The molecule has 5 rings (SSSR count). The number of aromatic nitrogens is 5. The fourth-order valence-corrected chi connectivity index (χ4v) is 4.57. The van der Waals surface area contributed by atoms with Gasteiger partial charge in [-0.1, -0.05) is 17.7 Å². The lowest BCUT2D eigenvalue weighted by molar-refractivity contribution is 0.109. The molecule has 4 aromatic rings. The van der Waals surface area contributed by atoms with E-state index in [1.807, 2.05) is 18.2 Å². The molecule has 0 saturated carbocycles. The minimum atomic E-state index is -0.510. The standard InChI is InChI=1S/C24H27ClN8O3/c1-14(34)13-32-7-5-17(6-8-32)28-21-11-20(27-18-4-2-3-16(25)10-18)30-22-15(12-26-33(21)22)9-19-23(35)31-24(36)29-19/h2-4,9-12,14,17,27,34-35H,5-8,13H2,1H3,(H2,29,31,36)/b15-9-,28-21?. The van der Waals surface area contributed by atoms with Gasteiger partial charge < -0.3 is 25.4 Å². The van der Waals surface area contributed by atoms with Gasteiger partial charge in [0.1, 0.15) is 11.5 Å². The third kappa shape index (κ3) is 5.43. The van der Waals surface area contributed by atoms with Crippen molar-refractivity contribution in [1.29, 1.82) is 0 Å². The summed E-state index contributed by atoms with van der Waals surface area (Å²) in [6.07, 6.45) is 4.59. The van der Waals surface area contributed by atoms with Crippen molar-refractivity contribution in [3.63, 3.8) is 0 Å². The third-order valence-corrected chi connectivity index (χ3v) is 6.24. The van der Waals surface area contributed by atoms with E-state index in [0.717, 1.165) is 31.6 Å². The maximum atomic E-state index is 11.6. The molecule has 0 amide bonds. The molecule has 0 radical (unpaired) electrons. The monoisotopic (exact) mass is 510 g/mol. The van der Waals surface area contributed by atoms with Gasteiger partial charge in [0.05, 0.1) is 18.3 Å². The number of likely N-dealkylation sites (tertiary alicyclic amines) is 1. The van der Waals surface area contributed by atoms with E-state index >= 15 is 0 Å². The van der Waals surface area contributed by atoms with Crippen LogP contribution >= 0.6 is 11.6 Å². The number of hydrogen-bond acceptors (Lipinski definition) is 8. The molecule has 36 heavy (non-hydrogen) atoms. The number of nitrogens with zero attached hydrogens (tertiary/aromatic N) is 5. The average Bonchev–Trinajstić information content (AvgIpc) is 3.37. The van der Waals surface area contributed by atoms with E-state index < -0.39 is 5.69 Å². The summed E-state index contributed by atoms with van der Waals surface area (Å²) in [6, 6.07) is 9.26. The molecule has 4 heterocycles. The average molecular weight is 511 g/mol. The summed E-state index contributed by atoms with van der Waals surface area (Å²) in [5.41, 5.74) is 1.63. The highest BCUT2D eigenvalue weighted by Crippen LogP contribution is 2.19. The number of aliphatic hydroxyl groups is 1. The SMILES string of the molecule is CC(O)CN1CCC(N=c2cc(Nc3cccc(Cl)c3)nc3/c(=C\c4[nH]c(=O)[nH]c4O)cnn23)CC1. The molecular formula is C24H27ClN8O3. The van der Waals surface area contributed by atoms with Crippen LogP contribution in [0.4, 0.5) is 11.5 Å². The topological polar surface area (TPSA) is 147 Å². The number of benzene rings is 1. The smallest absolute Gasteiger partial charge is 0.326 e. The highest BCUT2D eigenvalue weighted by Gasteiger charge is 2.20. The number of anilines is 2. The lowest BCUT2D eigenvalue weighted by Crippen LogP contribution is -2.39. The number of halogens is 1. The molecule has 12 heteroatoms. The molecule has 1 unspecified atom stereocenters. The van der Waals surface area contributed by atoms with Crippen molar-refractivity contribution in [2.45, 2.75) is 31.9 Å².